The Morgan fingerprint density at radius 1 is 1.50 bits per heavy atom. The van der Waals surface area contributed by atoms with Crippen LogP contribution in [-0.4, -0.2) is 24.3 Å². The number of aliphatic hydroxyl groups excluding tert-OH is 1. The summed E-state index contributed by atoms with van der Waals surface area (Å²) < 4.78 is 5.02. The number of ether oxygens (including phenoxy) is 1. The molecule has 0 amide bonds. The van der Waals surface area contributed by atoms with E-state index in [9.17, 15) is 4.79 Å². The van der Waals surface area contributed by atoms with Gasteiger partial charge in [-0.05, 0) is 25.7 Å². The van der Waals surface area contributed by atoms with E-state index in [0.717, 1.165) is 12.8 Å². The molecule has 14 heavy (non-hydrogen) atoms. The number of carbonyl (C=O) groups excluding carboxylic acids is 1. The average molecular weight is 200 g/mol. The van der Waals surface area contributed by atoms with Crippen LogP contribution in [0.15, 0.2) is 12.2 Å². The lowest BCUT2D eigenvalue weighted by Crippen LogP contribution is -2.15. The van der Waals surface area contributed by atoms with Gasteiger partial charge in [0, 0.05) is 12.2 Å². The van der Waals surface area contributed by atoms with Crippen LogP contribution in [0.5, 0.6) is 0 Å². The van der Waals surface area contributed by atoms with E-state index in [-0.39, 0.29) is 18.5 Å². The summed E-state index contributed by atoms with van der Waals surface area (Å²) in [5.74, 6) is -0.0719. The fourth-order valence-electron chi connectivity index (χ4n) is 1.22. The highest BCUT2D eigenvalue weighted by Crippen LogP contribution is 2.11. The van der Waals surface area contributed by atoms with E-state index in [4.69, 9.17) is 9.84 Å². The van der Waals surface area contributed by atoms with Crippen molar-refractivity contribution >= 4 is 5.97 Å². The Morgan fingerprint density at radius 2 is 2.14 bits per heavy atom. The Morgan fingerprint density at radius 3 is 2.57 bits per heavy atom. The van der Waals surface area contributed by atoms with Crippen LogP contribution in [-0.2, 0) is 9.53 Å². The second-order valence-corrected chi connectivity index (χ2v) is 3.55. The van der Waals surface area contributed by atoms with E-state index in [0.29, 0.717) is 18.6 Å². The molecule has 3 heteroatoms. The van der Waals surface area contributed by atoms with Crippen LogP contribution in [0.2, 0.25) is 0 Å². The average Bonchev–Trinajstić information content (AvgIpc) is 2.14. The SMILES string of the molecule is C=C(C)C(=O)OCC(CCC)CCO. The Bertz CT molecular complexity index is 181. The van der Waals surface area contributed by atoms with Gasteiger partial charge in [0.15, 0.2) is 0 Å². The first-order valence-corrected chi connectivity index (χ1v) is 5.05. The summed E-state index contributed by atoms with van der Waals surface area (Å²) in [7, 11) is 0. The molecule has 3 nitrogen and oxygen atoms in total. The molecule has 0 radical (unpaired) electrons. The van der Waals surface area contributed by atoms with E-state index in [1.165, 1.54) is 0 Å². The van der Waals surface area contributed by atoms with E-state index < -0.39 is 0 Å². The predicted octanol–water partition coefficient (Wildman–Crippen LogP) is 1.90. The Balaban J connectivity index is 3.80. The molecule has 0 saturated carbocycles. The normalized spacial score (nSPS) is 12.2. The van der Waals surface area contributed by atoms with Crippen molar-refractivity contribution in [3.63, 3.8) is 0 Å². The minimum absolute atomic E-state index is 0.148. The summed E-state index contributed by atoms with van der Waals surface area (Å²) >= 11 is 0. The third-order valence-electron chi connectivity index (χ3n) is 2.03. The second kappa shape index (κ2) is 7.56. The molecule has 0 rings (SSSR count). The molecule has 1 atom stereocenters. The molecule has 0 spiro atoms. The van der Waals surface area contributed by atoms with Gasteiger partial charge in [0.2, 0.25) is 0 Å². The van der Waals surface area contributed by atoms with E-state index in [2.05, 4.69) is 13.5 Å². The second-order valence-electron chi connectivity index (χ2n) is 3.55. The highest BCUT2D eigenvalue weighted by atomic mass is 16.5. The smallest absolute Gasteiger partial charge is 0.333 e. The van der Waals surface area contributed by atoms with Gasteiger partial charge in [0.1, 0.15) is 0 Å². The molecule has 0 aliphatic heterocycles. The first kappa shape index (κ1) is 13.2. The fraction of sp³-hybridized carbons (Fsp3) is 0.727. The van der Waals surface area contributed by atoms with Gasteiger partial charge in [-0.1, -0.05) is 19.9 Å². The summed E-state index contributed by atoms with van der Waals surface area (Å²) in [5.41, 5.74) is 0.421. The fourth-order valence-corrected chi connectivity index (χ4v) is 1.22. The lowest BCUT2D eigenvalue weighted by molar-refractivity contribution is -0.140. The van der Waals surface area contributed by atoms with Crippen molar-refractivity contribution in [2.45, 2.75) is 33.1 Å². The zero-order valence-corrected chi connectivity index (χ0v) is 9.08. The highest BCUT2D eigenvalue weighted by Gasteiger charge is 2.10. The van der Waals surface area contributed by atoms with E-state index in [1.54, 1.807) is 6.92 Å². The first-order chi connectivity index (χ1) is 6.61. The van der Waals surface area contributed by atoms with Gasteiger partial charge in [-0.3, -0.25) is 0 Å². The zero-order chi connectivity index (χ0) is 11.0. The van der Waals surface area contributed by atoms with E-state index in [1.807, 2.05) is 0 Å². The number of aliphatic hydroxyl groups is 1. The van der Waals surface area contributed by atoms with Crippen LogP contribution >= 0.6 is 0 Å². The molecular weight excluding hydrogens is 180 g/mol. The van der Waals surface area contributed by atoms with Crippen LogP contribution in [0.4, 0.5) is 0 Å². The van der Waals surface area contributed by atoms with Crippen molar-refractivity contribution in [3.8, 4) is 0 Å². The molecule has 0 aliphatic carbocycles. The zero-order valence-electron chi connectivity index (χ0n) is 9.08. The quantitative estimate of drug-likeness (QED) is 0.504. The molecule has 0 aliphatic rings. The number of esters is 1. The van der Waals surface area contributed by atoms with Gasteiger partial charge in [0.05, 0.1) is 6.61 Å². The van der Waals surface area contributed by atoms with Gasteiger partial charge in [0.25, 0.3) is 0 Å². The number of rotatable bonds is 7. The maximum absolute atomic E-state index is 11.1. The van der Waals surface area contributed by atoms with Crippen LogP contribution < -0.4 is 0 Å². The van der Waals surface area contributed by atoms with E-state index >= 15 is 0 Å². The molecule has 1 N–H and O–H groups in total. The van der Waals surface area contributed by atoms with Crippen molar-refractivity contribution in [2.75, 3.05) is 13.2 Å². The lowest BCUT2D eigenvalue weighted by atomic mass is 10.0. The standard InChI is InChI=1S/C11H20O3/c1-4-5-10(6-7-12)8-14-11(13)9(2)3/h10,12H,2,4-8H2,1,3H3. The molecule has 0 heterocycles. The van der Waals surface area contributed by atoms with Crippen molar-refractivity contribution in [3.05, 3.63) is 12.2 Å². The first-order valence-electron chi connectivity index (χ1n) is 5.05. The Labute approximate surface area is 85.8 Å². The molecule has 82 valence electrons. The number of carbonyl (C=O) groups is 1. The molecule has 0 bridgehead atoms. The van der Waals surface area contributed by atoms with Crippen LogP contribution in [0.25, 0.3) is 0 Å². The maximum atomic E-state index is 11.1. The van der Waals surface area contributed by atoms with Crippen molar-refractivity contribution < 1.29 is 14.6 Å². The summed E-state index contributed by atoms with van der Waals surface area (Å²) in [4.78, 5) is 11.1. The molecule has 0 saturated heterocycles. The summed E-state index contributed by atoms with van der Waals surface area (Å²) in [6.45, 7) is 7.74. The summed E-state index contributed by atoms with van der Waals surface area (Å²) in [6, 6.07) is 0. The maximum Gasteiger partial charge on any atom is 0.333 e. The Hall–Kier alpha value is -0.830. The van der Waals surface area contributed by atoms with Gasteiger partial charge in [-0.25, -0.2) is 4.79 Å². The third-order valence-corrected chi connectivity index (χ3v) is 2.03. The minimum Gasteiger partial charge on any atom is -0.462 e. The van der Waals surface area contributed by atoms with Crippen LogP contribution in [0.1, 0.15) is 33.1 Å². The molecular formula is C11H20O3. The van der Waals surface area contributed by atoms with Gasteiger partial charge in [-0.2, -0.15) is 0 Å². The van der Waals surface area contributed by atoms with Gasteiger partial charge < -0.3 is 9.84 Å². The molecule has 0 fully saturated rings. The third kappa shape index (κ3) is 5.75. The van der Waals surface area contributed by atoms with Crippen LogP contribution in [0.3, 0.4) is 0 Å². The van der Waals surface area contributed by atoms with Crippen molar-refractivity contribution in [2.24, 2.45) is 5.92 Å². The molecule has 0 aromatic carbocycles. The van der Waals surface area contributed by atoms with Crippen molar-refractivity contribution in [1.82, 2.24) is 0 Å². The number of hydrogen-bond donors (Lipinski definition) is 1. The lowest BCUT2D eigenvalue weighted by Gasteiger charge is -2.14. The largest absolute Gasteiger partial charge is 0.462 e. The summed E-state index contributed by atoms with van der Waals surface area (Å²) in [5, 5.41) is 8.78. The van der Waals surface area contributed by atoms with Crippen molar-refractivity contribution in [1.29, 1.82) is 0 Å². The summed E-state index contributed by atoms with van der Waals surface area (Å²) in [6.07, 6.45) is 2.70. The van der Waals surface area contributed by atoms with Gasteiger partial charge in [-0.15, -0.1) is 0 Å². The minimum atomic E-state index is -0.343. The monoisotopic (exact) mass is 200 g/mol. The van der Waals surface area contributed by atoms with Gasteiger partial charge >= 0.3 is 5.97 Å². The predicted molar refractivity (Wildman–Crippen MR) is 55.9 cm³/mol. The molecule has 0 aromatic rings. The number of hydrogen-bond acceptors (Lipinski definition) is 3. The highest BCUT2D eigenvalue weighted by molar-refractivity contribution is 5.86. The topological polar surface area (TPSA) is 46.5 Å². The van der Waals surface area contributed by atoms with Crippen LogP contribution in [0, 0.1) is 5.92 Å². The molecule has 0 aromatic heterocycles. The molecule has 1 unspecified atom stereocenters. The Kier molecular flexibility index (Phi) is 7.11.